The topological polar surface area (TPSA) is 100 Å². The molecule has 0 aliphatic carbocycles. The number of anilines is 1. The number of amides is 1. The molecular formula is C20H30N6O3S. The number of sulfonamides is 1. The number of carbonyl (C=O) groups is 1. The van der Waals surface area contributed by atoms with E-state index in [1.807, 2.05) is 19.2 Å². The highest BCUT2D eigenvalue weighted by atomic mass is 32.2. The van der Waals surface area contributed by atoms with Gasteiger partial charge in [0.25, 0.3) is 5.91 Å². The quantitative estimate of drug-likeness (QED) is 0.783. The summed E-state index contributed by atoms with van der Waals surface area (Å²) < 4.78 is 26.4. The van der Waals surface area contributed by atoms with Gasteiger partial charge in [-0.15, -0.1) is 0 Å². The zero-order valence-corrected chi connectivity index (χ0v) is 18.5. The average Bonchev–Trinajstić information content (AvgIpc) is 2.88. The van der Waals surface area contributed by atoms with Crippen LogP contribution in [0.15, 0.2) is 12.1 Å². The molecule has 0 saturated carbocycles. The van der Waals surface area contributed by atoms with E-state index in [2.05, 4.69) is 15.3 Å². The summed E-state index contributed by atoms with van der Waals surface area (Å²) in [6, 6.07) is 3.87. The fourth-order valence-electron chi connectivity index (χ4n) is 4.35. The summed E-state index contributed by atoms with van der Waals surface area (Å²) in [5, 5.41) is 8.19. The molecule has 0 aromatic carbocycles. The van der Waals surface area contributed by atoms with Gasteiger partial charge in [-0.1, -0.05) is 12.8 Å². The second kappa shape index (κ2) is 8.50. The smallest absolute Gasteiger partial charge is 0.272 e. The van der Waals surface area contributed by atoms with Crippen molar-refractivity contribution in [1.82, 2.24) is 24.4 Å². The van der Waals surface area contributed by atoms with Crippen LogP contribution in [0, 0.1) is 0 Å². The molecule has 2 aromatic heterocycles. The van der Waals surface area contributed by atoms with E-state index in [9.17, 15) is 13.2 Å². The molecule has 2 aliphatic rings. The Balaban J connectivity index is 1.48. The lowest BCUT2D eigenvalue weighted by molar-refractivity contribution is 0.0919. The van der Waals surface area contributed by atoms with E-state index in [1.54, 1.807) is 4.68 Å². The number of piperidine rings is 1. The number of nitrogens with zero attached hydrogens (tertiary/aromatic N) is 5. The van der Waals surface area contributed by atoms with Gasteiger partial charge < -0.3 is 10.2 Å². The molecule has 9 nitrogen and oxygen atoms in total. The first kappa shape index (κ1) is 21.0. The molecule has 164 valence electrons. The van der Waals surface area contributed by atoms with Gasteiger partial charge in [0.05, 0.1) is 11.6 Å². The predicted molar refractivity (Wildman–Crippen MR) is 116 cm³/mol. The van der Waals surface area contributed by atoms with E-state index >= 15 is 0 Å². The molecule has 10 heteroatoms. The molecule has 0 unspecified atom stereocenters. The molecule has 30 heavy (non-hydrogen) atoms. The summed E-state index contributed by atoms with van der Waals surface area (Å²) in [7, 11) is -1.37. The van der Waals surface area contributed by atoms with Crippen molar-refractivity contribution in [1.29, 1.82) is 0 Å². The summed E-state index contributed by atoms with van der Waals surface area (Å²) in [6.45, 7) is 2.87. The number of rotatable bonds is 4. The summed E-state index contributed by atoms with van der Waals surface area (Å²) in [5.74, 6) is 0.704. The van der Waals surface area contributed by atoms with Gasteiger partial charge in [-0.05, 0) is 37.8 Å². The number of pyridine rings is 1. The second-order valence-electron chi connectivity index (χ2n) is 8.32. The van der Waals surface area contributed by atoms with Crippen molar-refractivity contribution in [2.75, 3.05) is 37.3 Å². The monoisotopic (exact) mass is 434 g/mol. The fraction of sp³-hybridized carbons (Fsp3) is 0.650. The predicted octanol–water partition coefficient (Wildman–Crippen LogP) is 1.50. The van der Waals surface area contributed by atoms with Crippen molar-refractivity contribution in [2.45, 2.75) is 44.6 Å². The molecule has 0 bridgehead atoms. The van der Waals surface area contributed by atoms with Crippen LogP contribution in [0.1, 0.15) is 49.0 Å². The highest BCUT2D eigenvalue weighted by Gasteiger charge is 2.27. The van der Waals surface area contributed by atoms with Gasteiger partial charge in [0, 0.05) is 39.3 Å². The Bertz CT molecular complexity index is 1020. The molecule has 2 aromatic rings. The summed E-state index contributed by atoms with van der Waals surface area (Å²) in [4.78, 5) is 20.0. The van der Waals surface area contributed by atoms with E-state index in [0.717, 1.165) is 24.3 Å². The highest BCUT2D eigenvalue weighted by Crippen LogP contribution is 2.23. The largest absolute Gasteiger partial charge is 0.357 e. The maximum absolute atomic E-state index is 12.9. The van der Waals surface area contributed by atoms with Crippen LogP contribution in [0.25, 0.3) is 11.0 Å². The van der Waals surface area contributed by atoms with Crippen LogP contribution < -0.4 is 10.2 Å². The van der Waals surface area contributed by atoms with Crippen LogP contribution in [0.2, 0.25) is 0 Å². The summed E-state index contributed by atoms with van der Waals surface area (Å²) in [5.41, 5.74) is 1.07. The number of aryl methyl sites for hydroxylation is 1. The first-order chi connectivity index (χ1) is 14.3. The van der Waals surface area contributed by atoms with Gasteiger partial charge in [-0.3, -0.25) is 4.79 Å². The maximum Gasteiger partial charge on any atom is 0.272 e. The van der Waals surface area contributed by atoms with Crippen molar-refractivity contribution in [3.8, 4) is 0 Å². The lowest BCUT2D eigenvalue weighted by Crippen LogP contribution is -2.46. The van der Waals surface area contributed by atoms with Gasteiger partial charge in [-0.2, -0.15) is 5.10 Å². The molecule has 4 heterocycles. The van der Waals surface area contributed by atoms with E-state index in [4.69, 9.17) is 4.98 Å². The first-order valence-corrected chi connectivity index (χ1v) is 12.5. The molecule has 0 radical (unpaired) electrons. The number of nitrogens with one attached hydrogen (secondary N) is 1. The molecule has 4 rings (SSSR count). The summed E-state index contributed by atoms with van der Waals surface area (Å²) >= 11 is 0. The summed E-state index contributed by atoms with van der Waals surface area (Å²) in [6.07, 6.45) is 7.30. The van der Waals surface area contributed by atoms with Crippen LogP contribution in [0.5, 0.6) is 0 Å². The maximum atomic E-state index is 12.9. The van der Waals surface area contributed by atoms with Crippen LogP contribution in [-0.4, -0.2) is 71.9 Å². The molecule has 1 N–H and O–H groups in total. The molecule has 2 saturated heterocycles. The standard InChI is InChI=1S/C20H30N6O3S/c1-24-19-16(7-8-17(22-19)25-11-5-3-4-6-12-25)18(23-24)20(27)21-15-9-13-26(14-10-15)30(2,28)29/h7-8,15H,3-6,9-14H2,1-2H3,(H,21,27). The zero-order valence-electron chi connectivity index (χ0n) is 17.7. The molecule has 2 aliphatic heterocycles. The Kier molecular flexibility index (Phi) is 5.97. The Hall–Kier alpha value is -2.20. The fourth-order valence-corrected chi connectivity index (χ4v) is 5.22. The van der Waals surface area contributed by atoms with E-state index in [0.29, 0.717) is 37.3 Å². The Morgan fingerprint density at radius 2 is 1.73 bits per heavy atom. The average molecular weight is 435 g/mol. The lowest BCUT2D eigenvalue weighted by Gasteiger charge is -2.30. The third kappa shape index (κ3) is 4.44. The normalized spacial score (nSPS) is 19.7. The van der Waals surface area contributed by atoms with Crippen LogP contribution in [0.4, 0.5) is 5.82 Å². The Morgan fingerprint density at radius 1 is 1.07 bits per heavy atom. The van der Waals surface area contributed by atoms with Crippen molar-refractivity contribution in [3.63, 3.8) is 0 Å². The lowest BCUT2D eigenvalue weighted by atomic mass is 10.1. The van der Waals surface area contributed by atoms with E-state index in [-0.39, 0.29) is 11.9 Å². The molecule has 2 fully saturated rings. The van der Waals surface area contributed by atoms with Gasteiger partial charge in [-0.25, -0.2) is 22.4 Å². The van der Waals surface area contributed by atoms with Gasteiger partial charge in [0.15, 0.2) is 11.3 Å². The molecule has 1 amide bonds. The van der Waals surface area contributed by atoms with E-state index < -0.39 is 10.0 Å². The third-order valence-electron chi connectivity index (χ3n) is 6.08. The number of aromatic nitrogens is 3. The van der Waals surface area contributed by atoms with Crippen molar-refractivity contribution < 1.29 is 13.2 Å². The number of fused-ring (bicyclic) bond motifs is 1. The Morgan fingerprint density at radius 3 is 2.37 bits per heavy atom. The minimum absolute atomic E-state index is 0.0584. The Labute approximate surface area is 177 Å². The third-order valence-corrected chi connectivity index (χ3v) is 7.38. The molecule has 0 atom stereocenters. The van der Waals surface area contributed by atoms with Crippen LogP contribution >= 0.6 is 0 Å². The number of hydrogen-bond acceptors (Lipinski definition) is 6. The van der Waals surface area contributed by atoms with Crippen LogP contribution in [-0.2, 0) is 17.1 Å². The van der Waals surface area contributed by atoms with Gasteiger partial charge >= 0.3 is 0 Å². The molecule has 0 spiro atoms. The number of carbonyl (C=O) groups excluding carboxylic acids is 1. The first-order valence-electron chi connectivity index (χ1n) is 10.7. The SMILES string of the molecule is Cn1nc(C(=O)NC2CCN(S(C)(=O)=O)CC2)c2ccc(N3CCCCCC3)nc21. The minimum atomic E-state index is -3.18. The molecular weight excluding hydrogens is 404 g/mol. The van der Waals surface area contributed by atoms with Gasteiger partial charge in [0.2, 0.25) is 10.0 Å². The number of hydrogen-bond donors (Lipinski definition) is 1. The van der Waals surface area contributed by atoms with Gasteiger partial charge in [0.1, 0.15) is 5.82 Å². The van der Waals surface area contributed by atoms with Crippen molar-refractivity contribution in [2.24, 2.45) is 7.05 Å². The highest BCUT2D eigenvalue weighted by molar-refractivity contribution is 7.88. The zero-order chi connectivity index (χ0) is 21.3. The van der Waals surface area contributed by atoms with Crippen molar-refractivity contribution in [3.05, 3.63) is 17.8 Å². The second-order valence-corrected chi connectivity index (χ2v) is 10.3. The van der Waals surface area contributed by atoms with E-state index in [1.165, 1.54) is 36.2 Å². The van der Waals surface area contributed by atoms with Crippen molar-refractivity contribution >= 4 is 32.8 Å². The van der Waals surface area contributed by atoms with Crippen LogP contribution in [0.3, 0.4) is 0 Å². The minimum Gasteiger partial charge on any atom is -0.357 e.